The van der Waals surface area contributed by atoms with E-state index in [1.165, 1.54) is 57.8 Å². The van der Waals surface area contributed by atoms with Crippen molar-refractivity contribution in [1.29, 1.82) is 0 Å². The maximum Gasteiger partial charge on any atom is 0.302 e. The minimum Gasteiger partial charge on any atom is -0.462 e. The van der Waals surface area contributed by atoms with E-state index >= 15 is 0 Å². The van der Waals surface area contributed by atoms with Crippen LogP contribution < -0.4 is 0 Å². The van der Waals surface area contributed by atoms with Crippen LogP contribution in [0.15, 0.2) is 0 Å². The number of hydrogen-bond acceptors (Lipinski definition) is 2. The van der Waals surface area contributed by atoms with Gasteiger partial charge in [0.1, 0.15) is 6.10 Å². The zero-order chi connectivity index (χ0) is 24.9. The molecule has 0 spiro atoms. The molecule has 0 N–H and O–H groups in total. The molecule has 0 amide bonds. The van der Waals surface area contributed by atoms with Gasteiger partial charge in [0.2, 0.25) is 0 Å². The smallest absolute Gasteiger partial charge is 0.302 e. The van der Waals surface area contributed by atoms with Crippen LogP contribution in [0.1, 0.15) is 127 Å². The summed E-state index contributed by atoms with van der Waals surface area (Å²) in [6.07, 6.45) is 13.8. The molecule has 2 nitrogen and oxygen atoms in total. The molecular formula is C32H54O2. The number of rotatable bonds is 2. The minimum atomic E-state index is -0.100. The Kier molecular flexibility index (Phi) is 5.72. The van der Waals surface area contributed by atoms with E-state index < -0.39 is 0 Å². The van der Waals surface area contributed by atoms with Gasteiger partial charge in [-0.15, -0.1) is 0 Å². The van der Waals surface area contributed by atoms with Crippen LogP contribution in [0.25, 0.3) is 0 Å². The van der Waals surface area contributed by atoms with Crippen LogP contribution >= 0.6 is 0 Å². The maximum absolute atomic E-state index is 11.9. The average molecular weight is 471 g/mol. The first-order valence-electron chi connectivity index (χ1n) is 14.9. The van der Waals surface area contributed by atoms with Crippen molar-refractivity contribution in [3.05, 3.63) is 0 Å². The second-order valence-corrected chi connectivity index (χ2v) is 15.8. The van der Waals surface area contributed by atoms with Gasteiger partial charge >= 0.3 is 5.97 Å². The summed E-state index contributed by atoms with van der Waals surface area (Å²) in [5, 5.41) is 0. The molecule has 0 saturated heterocycles. The van der Waals surface area contributed by atoms with Gasteiger partial charge in [0.25, 0.3) is 0 Å². The summed E-state index contributed by atoms with van der Waals surface area (Å²) in [6, 6.07) is 0. The molecule has 5 aliphatic rings. The average Bonchev–Trinajstić information content (AvgIpc) is 3.08. The lowest BCUT2D eigenvalue weighted by atomic mass is 9.32. The molecule has 5 fully saturated rings. The number of fused-ring (bicyclic) bond motifs is 7. The monoisotopic (exact) mass is 470 g/mol. The van der Waals surface area contributed by atoms with Gasteiger partial charge in [-0.1, -0.05) is 55.4 Å². The van der Waals surface area contributed by atoms with Gasteiger partial charge in [-0.2, -0.15) is 0 Å². The predicted octanol–water partition coefficient (Wildman–Crippen LogP) is 8.68. The fraction of sp³-hybridized carbons (Fsp3) is 0.969. The summed E-state index contributed by atoms with van der Waals surface area (Å²) in [4.78, 5) is 11.9. The second-order valence-electron chi connectivity index (χ2n) is 15.8. The van der Waals surface area contributed by atoms with Gasteiger partial charge in [0.05, 0.1) is 0 Å². The highest BCUT2D eigenvalue weighted by atomic mass is 16.5. The third kappa shape index (κ3) is 3.14. The van der Waals surface area contributed by atoms with Gasteiger partial charge in [-0.05, 0) is 121 Å². The highest BCUT2D eigenvalue weighted by molar-refractivity contribution is 5.66. The van der Waals surface area contributed by atoms with Crippen molar-refractivity contribution >= 4 is 5.97 Å². The zero-order valence-electron chi connectivity index (χ0n) is 23.9. The lowest BCUT2D eigenvalue weighted by Crippen LogP contribution is -2.66. The highest BCUT2D eigenvalue weighted by Gasteiger charge is 2.70. The number of hydrogen-bond donors (Lipinski definition) is 0. The lowest BCUT2D eigenvalue weighted by Gasteiger charge is -2.73. The van der Waals surface area contributed by atoms with Crippen molar-refractivity contribution in [2.24, 2.45) is 62.6 Å². The number of esters is 1. The Morgan fingerprint density at radius 1 is 0.765 bits per heavy atom. The fourth-order valence-electron chi connectivity index (χ4n) is 12.1. The minimum absolute atomic E-state index is 0.0665. The van der Waals surface area contributed by atoms with Crippen LogP contribution in [0.2, 0.25) is 0 Å². The number of ether oxygens (including phenoxy) is 1. The van der Waals surface area contributed by atoms with Crippen LogP contribution in [0.4, 0.5) is 0 Å². The van der Waals surface area contributed by atoms with Gasteiger partial charge in [-0.3, -0.25) is 4.79 Å². The molecule has 194 valence electrons. The van der Waals surface area contributed by atoms with E-state index in [9.17, 15) is 4.79 Å². The first-order valence-corrected chi connectivity index (χ1v) is 14.9. The van der Waals surface area contributed by atoms with E-state index in [4.69, 9.17) is 4.74 Å². The van der Waals surface area contributed by atoms with Crippen molar-refractivity contribution in [2.75, 3.05) is 0 Å². The molecule has 0 bridgehead atoms. The topological polar surface area (TPSA) is 26.3 Å². The van der Waals surface area contributed by atoms with Crippen LogP contribution in [0.5, 0.6) is 0 Å². The van der Waals surface area contributed by atoms with Crippen LogP contribution in [-0.2, 0) is 9.53 Å². The Balaban J connectivity index is 1.49. The molecule has 0 aromatic heterocycles. The van der Waals surface area contributed by atoms with Crippen LogP contribution in [-0.4, -0.2) is 12.1 Å². The summed E-state index contributed by atoms with van der Waals surface area (Å²) in [5.74, 6) is 4.96. The van der Waals surface area contributed by atoms with E-state index in [1.807, 2.05) is 0 Å². The summed E-state index contributed by atoms with van der Waals surface area (Å²) < 4.78 is 5.92. The van der Waals surface area contributed by atoms with Crippen molar-refractivity contribution in [3.8, 4) is 0 Å². The van der Waals surface area contributed by atoms with E-state index in [0.29, 0.717) is 27.6 Å². The third-order valence-corrected chi connectivity index (χ3v) is 14.0. The van der Waals surface area contributed by atoms with E-state index in [0.717, 1.165) is 36.0 Å². The van der Waals surface area contributed by atoms with Gasteiger partial charge in [0.15, 0.2) is 0 Å². The van der Waals surface area contributed by atoms with Crippen molar-refractivity contribution in [3.63, 3.8) is 0 Å². The van der Waals surface area contributed by atoms with E-state index in [1.54, 1.807) is 6.92 Å². The fourth-order valence-corrected chi connectivity index (χ4v) is 12.1. The highest BCUT2D eigenvalue weighted by Crippen LogP contribution is 2.77. The SMILES string of the molecule is CC(=O)OC1CCC2(C)C3CCC4[C@H]5[C@H](C(C)C)CCC5(C)CC[C@@]4(C)C3(C)CC[C@H]2C1(C)C. The molecule has 0 radical (unpaired) electrons. The Bertz CT molecular complexity index is 829. The molecule has 10 atom stereocenters. The number of carbonyl (C=O) groups excluding carboxylic acids is 1. The van der Waals surface area contributed by atoms with E-state index in [-0.39, 0.29) is 17.5 Å². The van der Waals surface area contributed by atoms with Crippen molar-refractivity contribution < 1.29 is 9.53 Å². The summed E-state index contributed by atoms with van der Waals surface area (Å²) >= 11 is 0. The number of carbonyl (C=O) groups is 1. The molecule has 5 saturated carbocycles. The van der Waals surface area contributed by atoms with Crippen molar-refractivity contribution in [2.45, 2.75) is 133 Å². The molecule has 5 aliphatic carbocycles. The van der Waals surface area contributed by atoms with Gasteiger partial charge in [0, 0.05) is 12.3 Å². The van der Waals surface area contributed by atoms with Crippen LogP contribution in [0.3, 0.4) is 0 Å². The van der Waals surface area contributed by atoms with Gasteiger partial charge < -0.3 is 4.74 Å². The Morgan fingerprint density at radius 3 is 2.12 bits per heavy atom. The molecule has 2 heteroatoms. The Hall–Kier alpha value is -0.530. The first kappa shape index (κ1) is 25.1. The molecule has 6 unspecified atom stereocenters. The van der Waals surface area contributed by atoms with Gasteiger partial charge in [-0.25, -0.2) is 0 Å². The summed E-state index contributed by atoms with van der Waals surface area (Å²) in [7, 11) is 0. The van der Waals surface area contributed by atoms with E-state index in [2.05, 4.69) is 55.4 Å². The molecular weight excluding hydrogens is 416 g/mol. The normalized spacial score (nSPS) is 53.9. The predicted molar refractivity (Wildman–Crippen MR) is 140 cm³/mol. The summed E-state index contributed by atoms with van der Waals surface area (Å²) in [5.41, 5.74) is 1.94. The molecule has 0 aliphatic heterocycles. The standard InChI is InChI=1S/C32H54O2/c1-20(2)22-12-15-29(6)18-19-31(8)23(27(22)29)10-11-25-30(7)16-14-26(34-21(3)33)28(4,5)24(30)13-17-32(25,31)9/h20,22-27H,10-19H2,1-9H3/t22-,23?,24-,25?,26?,27+,29?,30?,31+,32?/m0/s1. The largest absolute Gasteiger partial charge is 0.462 e. The maximum atomic E-state index is 11.9. The van der Waals surface area contributed by atoms with Crippen LogP contribution in [0, 0.1) is 62.6 Å². The Morgan fingerprint density at radius 2 is 1.47 bits per heavy atom. The first-order chi connectivity index (χ1) is 15.7. The molecule has 34 heavy (non-hydrogen) atoms. The molecule has 5 rings (SSSR count). The third-order valence-electron chi connectivity index (χ3n) is 14.0. The molecule has 0 aromatic carbocycles. The molecule has 0 aromatic rings. The lowest BCUT2D eigenvalue weighted by molar-refractivity contribution is -0.250. The molecule has 0 heterocycles. The zero-order valence-corrected chi connectivity index (χ0v) is 23.9. The second kappa shape index (κ2) is 7.74. The summed E-state index contributed by atoms with van der Waals surface area (Å²) in [6.45, 7) is 22.3. The Labute approximate surface area is 210 Å². The van der Waals surface area contributed by atoms with Crippen molar-refractivity contribution in [1.82, 2.24) is 0 Å². The quantitative estimate of drug-likeness (QED) is 0.377.